The molecule has 31 heavy (non-hydrogen) atoms. The number of carbonyl (C=O) groups excluding carboxylic acids is 2. The normalized spacial score (nSPS) is 17.0. The van der Waals surface area contributed by atoms with Gasteiger partial charge in [-0.1, -0.05) is 0 Å². The minimum Gasteiger partial charge on any atom is -0.365 e. The van der Waals surface area contributed by atoms with Crippen molar-refractivity contribution in [3.8, 4) is 0 Å². The van der Waals surface area contributed by atoms with Gasteiger partial charge in [-0.25, -0.2) is 8.78 Å². The van der Waals surface area contributed by atoms with E-state index in [0.29, 0.717) is 25.3 Å². The van der Waals surface area contributed by atoms with Crippen molar-refractivity contribution in [3.63, 3.8) is 0 Å². The van der Waals surface area contributed by atoms with Gasteiger partial charge in [0.25, 0.3) is 0 Å². The van der Waals surface area contributed by atoms with Crippen LogP contribution in [0.15, 0.2) is 36.5 Å². The van der Waals surface area contributed by atoms with Gasteiger partial charge in [0.05, 0.1) is 0 Å². The van der Waals surface area contributed by atoms with Crippen LogP contribution in [0.3, 0.4) is 0 Å². The third-order valence-corrected chi connectivity index (χ3v) is 5.10. The van der Waals surface area contributed by atoms with E-state index >= 15 is 0 Å². The van der Waals surface area contributed by atoms with Gasteiger partial charge in [0.1, 0.15) is 17.3 Å². The summed E-state index contributed by atoms with van der Waals surface area (Å²) in [6, 6.07) is 4.82. The smallest absolute Gasteiger partial charge is 0.365 e. The lowest BCUT2D eigenvalue weighted by atomic mass is 10.1. The molecule has 3 rings (SSSR count). The summed E-state index contributed by atoms with van der Waals surface area (Å²) in [7, 11) is 0. The summed E-state index contributed by atoms with van der Waals surface area (Å²) in [6.45, 7) is 2.82. The number of alkyl halides is 3. The molecular weight excluding hydrogens is 421 g/mol. The molecule has 1 amide bonds. The van der Waals surface area contributed by atoms with E-state index in [9.17, 15) is 31.5 Å². The summed E-state index contributed by atoms with van der Waals surface area (Å²) in [5, 5.41) is 0. The van der Waals surface area contributed by atoms with Crippen LogP contribution < -0.4 is 4.90 Å². The molecule has 0 N–H and O–H groups in total. The van der Waals surface area contributed by atoms with E-state index < -0.39 is 29.3 Å². The van der Waals surface area contributed by atoms with Crippen molar-refractivity contribution in [2.24, 2.45) is 0 Å². The van der Waals surface area contributed by atoms with E-state index in [2.05, 4.69) is 4.98 Å². The van der Waals surface area contributed by atoms with Crippen LogP contribution in [0.4, 0.5) is 27.6 Å². The summed E-state index contributed by atoms with van der Waals surface area (Å²) >= 11 is 0. The maximum atomic E-state index is 13.5. The van der Waals surface area contributed by atoms with Crippen molar-refractivity contribution in [1.82, 2.24) is 9.88 Å². The lowest BCUT2D eigenvalue weighted by Gasteiger charge is -2.41. The molecule has 2 heterocycles. The highest BCUT2D eigenvalue weighted by atomic mass is 19.4. The molecule has 0 aliphatic carbocycles. The van der Waals surface area contributed by atoms with Crippen molar-refractivity contribution in [1.29, 1.82) is 0 Å². The van der Waals surface area contributed by atoms with Crippen molar-refractivity contribution in [2.75, 3.05) is 24.5 Å². The first-order valence-electron chi connectivity index (χ1n) is 9.61. The molecule has 0 saturated carbocycles. The van der Waals surface area contributed by atoms with Crippen molar-refractivity contribution in [2.45, 2.75) is 32.0 Å². The minimum atomic E-state index is -4.59. The van der Waals surface area contributed by atoms with Crippen molar-refractivity contribution in [3.05, 3.63) is 59.4 Å². The zero-order valence-corrected chi connectivity index (χ0v) is 16.6. The fraction of sp³-hybridized carbons (Fsp3) is 0.381. The summed E-state index contributed by atoms with van der Waals surface area (Å²) in [5.74, 6) is -2.12. The maximum absolute atomic E-state index is 13.5. The molecule has 1 atom stereocenters. The minimum absolute atomic E-state index is 0.00659. The summed E-state index contributed by atoms with van der Waals surface area (Å²) in [4.78, 5) is 31.3. The Morgan fingerprint density at radius 1 is 1.06 bits per heavy atom. The van der Waals surface area contributed by atoms with Crippen molar-refractivity contribution < 1.29 is 31.5 Å². The molecule has 0 unspecified atom stereocenters. The van der Waals surface area contributed by atoms with Gasteiger partial charge in [0.15, 0.2) is 5.78 Å². The average molecular weight is 441 g/mol. The van der Waals surface area contributed by atoms with Crippen LogP contribution in [0.2, 0.25) is 0 Å². The Bertz CT molecular complexity index is 942. The van der Waals surface area contributed by atoms with Gasteiger partial charge in [-0.2, -0.15) is 13.2 Å². The van der Waals surface area contributed by atoms with Gasteiger partial charge in [-0.3, -0.25) is 14.6 Å². The van der Waals surface area contributed by atoms with E-state index in [1.54, 1.807) is 9.80 Å². The number of Topliss-reactive ketones (excluding diaryl/α,β-unsaturated/α-hetero) is 1. The van der Waals surface area contributed by atoms with Crippen LogP contribution in [-0.4, -0.2) is 47.3 Å². The number of piperazine rings is 1. The molecule has 1 aliphatic rings. The molecule has 10 heteroatoms. The Hall–Kier alpha value is -3.04. The number of aromatic nitrogens is 1. The molecule has 166 valence electrons. The van der Waals surface area contributed by atoms with Crippen LogP contribution in [0, 0.1) is 11.6 Å². The number of pyridine rings is 1. The Labute approximate surface area is 175 Å². The van der Waals surface area contributed by atoms with Crippen LogP contribution >= 0.6 is 0 Å². The SMILES string of the molecule is C[C@H]1CN(C(=O)CCC(=O)c2ccc(C(F)(F)F)nc2)CCN1c1cc(F)cc(F)c1. The predicted molar refractivity (Wildman–Crippen MR) is 103 cm³/mol. The Morgan fingerprint density at radius 3 is 2.29 bits per heavy atom. The number of anilines is 1. The van der Waals surface area contributed by atoms with Crippen LogP contribution in [0.1, 0.15) is 35.8 Å². The average Bonchev–Trinajstić information content (AvgIpc) is 2.70. The summed E-state index contributed by atoms with van der Waals surface area (Å²) in [5.41, 5.74) is -0.695. The highest BCUT2D eigenvalue weighted by Gasteiger charge is 2.32. The topological polar surface area (TPSA) is 53.5 Å². The fourth-order valence-corrected chi connectivity index (χ4v) is 3.52. The van der Waals surface area contributed by atoms with Crippen LogP contribution in [0.25, 0.3) is 0 Å². The fourth-order valence-electron chi connectivity index (χ4n) is 3.52. The summed E-state index contributed by atoms with van der Waals surface area (Å²) < 4.78 is 64.6. The van der Waals surface area contributed by atoms with E-state index in [1.165, 1.54) is 12.1 Å². The number of carbonyl (C=O) groups is 2. The van der Waals surface area contributed by atoms with E-state index in [1.807, 2.05) is 6.92 Å². The predicted octanol–water partition coefficient (Wildman–Crippen LogP) is 4.08. The molecule has 0 bridgehead atoms. The van der Waals surface area contributed by atoms with E-state index in [4.69, 9.17) is 0 Å². The van der Waals surface area contributed by atoms with Gasteiger partial charge in [0, 0.05) is 62.0 Å². The Kier molecular flexibility index (Phi) is 6.56. The molecule has 1 aromatic carbocycles. The number of hydrogen-bond acceptors (Lipinski definition) is 4. The first-order valence-corrected chi connectivity index (χ1v) is 9.61. The molecule has 0 spiro atoms. The third kappa shape index (κ3) is 5.56. The second-order valence-electron chi connectivity index (χ2n) is 7.36. The van der Waals surface area contributed by atoms with Gasteiger partial charge in [-0.15, -0.1) is 0 Å². The van der Waals surface area contributed by atoms with E-state index in [0.717, 1.165) is 24.4 Å². The Balaban J connectivity index is 1.54. The standard InChI is InChI=1S/C21H20F5N3O2/c1-13-12-28(6-7-29(13)17-9-15(22)8-16(23)10-17)20(31)5-3-18(30)14-2-4-19(27-11-14)21(24,25)26/h2,4,8-11,13H,3,5-7,12H2,1H3/t13-/m0/s1. The third-order valence-electron chi connectivity index (χ3n) is 5.10. The number of halogens is 5. The monoisotopic (exact) mass is 441 g/mol. The zero-order chi connectivity index (χ0) is 22.8. The zero-order valence-electron chi connectivity index (χ0n) is 16.6. The molecular formula is C21H20F5N3O2. The van der Waals surface area contributed by atoms with Gasteiger partial charge in [-0.05, 0) is 31.2 Å². The number of ketones is 1. The molecule has 1 fully saturated rings. The molecule has 1 aromatic heterocycles. The number of amides is 1. The molecule has 5 nitrogen and oxygen atoms in total. The van der Waals surface area contributed by atoms with Crippen molar-refractivity contribution >= 4 is 17.4 Å². The number of nitrogens with zero attached hydrogens (tertiary/aromatic N) is 3. The van der Waals surface area contributed by atoms with Crippen LogP contribution in [-0.2, 0) is 11.0 Å². The number of benzene rings is 1. The summed E-state index contributed by atoms with van der Waals surface area (Å²) in [6.07, 6.45) is -3.99. The molecule has 1 aliphatic heterocycles. The highest BCUT2D eigenvalue weighted by molar-refractivity contribution is 5.97. The molecule has 0 radical (unpaired) electrons. The largest absolute Gasteiger partial charge is 0.433 e. The molecule has 2 aromatic rings. The number of rotatable bonds is 5. The second-order valence-corrected chi connectivity index (χ2v) is 7.36. The molecule has 1 saturated heterocycles. The van der Waals surface area contributed by atoms with Gasteiger partial charge < -0.3 is 9.80 Å². The lowest BCUT2D eigenvalue weighted by Crippen LogP contribution is -2.53. The number of hydrogen-bond donors (Lipinski definition) is 0. The first kappa shape index (κ1) is 22.6. The Morgan fingerprint density at radius 2 is 1.74 bits per heavy atom. The first-order chi connectivity index (χ1) is 14.5. The quantitative estimate of drug-likeness (QED) is 0.519. The second kappa shape index (κ2) is 8.99. The van der Waals surface area contributed by atoms with Gasteiger partial charge >= 0.3 is 6.18 Å². The van der Waals surface area contributed by atoms with E-state index in [-0.39, 0.29) is 30.4 Å². The van der Waals surface area contributed by atoms with Crippen LogP contribution in [0.5, 0.6) is 0 Å². The lowest BCUT2D eigenvalue weighted by molar-refractivity contribution is -0.141. The van der Waals surface area contributed by atoms with Gasteiger partial charge in [0.2, 0.25) is 5.91 Å². The highest BCUT2D eigenvalue weighted by Crippen LogP contribution is 2.27. The maximum Gasteiger partial charge on any atom is 0.433 e.